The largest absolute Gasteiger partial charge is 0.284 e. The van der Waals surface area contributed by atoms with Crippen LogP contribution in [0.1, 0.15) is 13.3 Å². The van der Waals surface area contributed by atoms with Crippen molar-refractivity contribution < 1.29 is 25.9 Å². The molecule has 0 saturated carbocycles. The van der Waals surface area contributed by atoms with E-state index in [1.165, 1.54) is 6.42 Å². The number of rotatable bonds is 2. The molecule has 0 atom stereocenters. The van der Waals surface area contributed by atoms with Crippen molar-refractivity contribution in [2.24, 2.45) is 0 Å². The van der Waals surface area contributed by atoms with E-state index in [9.17, 15) is 16.8 Å². The maximum Gasteiger partial charge on any atom is 0.284 e. The Labute approximate surface area is 76.8 Å². The van der Waals surface area contributed by atoms with Crippen LogP contribution in [0.5, 0.6) is 0 Å². The fourth-order valence-corrected chi connectivity index (χ4v) is 1.38. The zero-order chi connectivity index (χ0) is 10.7. The molecule has 0 unspecified atom stereocenters. The highest BCUT2D eigenvalue weighted by Crippen LogP contribution is 2.03. The maximum absolute atomic E-state index is 9.99. The summed E-state index contributed by atoms with van der Waals surface area (Å²) in [6.45, 7) is 0.657. The molecule has 0 spiro atoms. The van der Waals surface area contributed by atoms with E-state index in [1.807, 2.05) is 0 Å². The van der Waals surface area contributed by atoms with Crippen LogP contribution < -0.4 is 0 Å². The minimum atomic E-state index is -4.70. The lowest BCUT2D eigenvalue weighted by molar-refractivity contribution is 0.458. The summed E-state index contributed by atoms with van der Waals surface area (Å²) in [6.07, 6.45) is 5.50. The van der Waals surface area contributed by atoms with E-state index in [1.54, 1.807) is 0 Å². The number of hydrogen-bond donors (Lipinski definition) is 2. The molecule has 0 aromatic rings. The third kappa shape index (κ3) is 6.70. The first kappa shape index (κ1) is 12.6. The molecule has 8 heteroatoms. The van der Waals surface area contributed by atoms with Crippen molar-refractivity contribution in [1.82, 2.24) is 0 Å². The van der Waals surface area contributed by atoms with Crippen LogP contribution in [0.4, 0.5) is 0 Å². The molecule has 1 aliphatic carbocycles. The second kappa shape index (κ2) is 4.18. The molecule has 0 aromatic carbocycles. The molecule has 0 saturated heterocycles. The molecule has 13 heavy (non-hydrogen) atoms. The summed E-state index contributed by atoms with van der Waals surface area (Å²) in [5, 5.41) is 0. The van der Waals surface area contributed by atoms with E-state index >= 15 is 0 Å². The second-order valence-corrected chi connectivity index (χ2v) is 6.08. The van der Waals surface area contributed by atoms with Crippen LogP contribution >= 0.6 is 0 Å². The van der Waals surface area contributed by atoms with Crippen LogP contribution in [0, 0.1) is 0 Å². The zero-order valence-corrected chi connectivity index (χ0v) is 8.42. The summed E-state index contributed by atoms with van der Waals surface area (Å²) in [7, 11) is -9.40. The van der Waals surface area contributed by atoms with Gasteiger partial charge in [0.1, 0.15) is 0 Å². The summed E-state index contributed by atoms with van der Waals surface area (Å²) >= 11 is 0. The van der Waals surface area contributed by atoms with Crippen molar-refractivity contribution in [1.29, 1.82) is 0 Å². The highest BCUT2D eigenvalue weighted by molar-refractivity contribution is 8.03. The van der Waals surface area contributed by atoms with Gasteiger partial charge in [-0.15, -0.1) is 0 Å². The predicted molar refractivity (Wildman–Crippen MR) is 46.3 cm³/mol. The third-order valence-electron chi connectivity index (χ3n) is 1.07. The summed E-state index contributed by atoms with van der Waals surface area (Å²) in [5.74, 6) is 0. The first-order valence-electron chi connectivity index (χ1n) is 3.23. The molecule has 0 radical (unpaired) electrons. The molecule has 2 N–H and O–H groups in total. The Morgan fingerprint density at radius 1 is 1.08 bits per heavy atom. The van der Waals surface area contributed by atoms with Gasteiger partial charge < -0.3 is 0 Å². The summed E-state index contributed by atoms with van der Waals surface area (Å²) in [4.78, 5) is 0. The molecule has 78 valence electrons. The Morgan fingerprint density at radius 2 is 1.31 bits per heavy atom. The lowest BCUT2D eigenvalue weighted by Gasteiger charge is -2.01. The van der Waals surface area contributed by atoms with Gasteiger partial charge in [-0.05, 0) is 13.3 Å². The molecule has 0 aromatic heterocycles. The third-order valence-corrected chi connectivity index (χ3v) is 4.21. The highest BCUT2D eigenvalue weighted by Gasteiger charge is 2.29. The van der Waals surface area contributed by atoms with Gasteiger partial charge in [0.05, 0.1) is 0 Å². The lowest BCUT2D eigenvalue weighted by atomic mass is 10.9. The van der Waals surface area contributed by atoms with Gasteiger partial charge in [0, 0.05) is 0 Å². The lowest BCUT2D eigenvalue weighted by Crippen LogP contribution is -2.25. The summed E-state index contributed by atoms with van der Waals surface area (Å²) < 4.78 is 53.9. The van der Waals surface area contributed by atoms with Crippen LogP contribution in [-0.2, 0) is 20.2 Å². The second-order valence-electron chi connectivity index (χ2n) is 2.30. The Bertz CT molecular complexity index is 339. The average molecular weight is 230 g/mol. The Hall–Kier alpha value is -0.440. The highest BCUT2D eigenvalue weighted by atomic mass is 32.3. The quantitative estimate of drug-likeness (QED) is 0.512. The van der Waals surface area contributed by atoms with Gasteiger partial charge in [-0.1, -0.05) is 12.2 Å². The topological polar surface area (TPSA) is 109 Å². The van der Waals surface area contributed by atoms with Crippen LogP contribution in [0.2, 0.25) is 0 Å². The molecular formula is C5H10O6S2. The van der Waals surface area contributed by atoms with Gasteiger partial charge in [-0.2, -0.15) is 16.8 Å². The van der Waals surface area contributed by atoms with E-state index in [4.69, 9.17) is 9.11 Å². The van der Waals surface area contributed by atoms with Crippen LogP contribution in [0.3, 0.4) is 0 Å². The van der Waals surface area contributed by atoms with Crippen LogP contribution in [-0.4, -0.2) is 30.5 Å². The van der Waals surface area contributed by atoms with Crippen molar-refractivity contribution in [2.45, 2.75) is 17.9 Å². The van der Waals surface area contributed by atoms with Gasteiger partial charge in [0.15, 0.2) is 0 Å². The van der Waals surface area contributed by atoms with Gasteiger partial charge in [-0.25, -0.2) is 0 Å². The number of allylic oxidation sites excluding steroid dienone is 2. The Balaban J connectivity index is 0.000000396. The van der Waals surface area contributed by atoms with Crippen LogP contribution in [0.25, 0.3) is 0 Å². The summed E-state index contributed by atoms with van der Waals surface area (Å²) in [5.41, 5.74) is 0. The van der Waals surface area contributed by atoms with Gasteiger partial charge in [0.2, 0.25) is 4.58 Å². The van der Waals surface area contributed by atoms with Gasteiger partial charge in [0.25, 0.3) is 20.2 Å². The molecule has 1 rings (SSSR count). The number of hydrogen-bond acceptors (Lipinski definition) is 4. The standard InChI is InChI=1S/C3H4.C2H6O6S2/c1-2-3-1;1-2(9(3,4)5)10(6,7)8/h1-2H,3H2;2H,1H3,(H,3,4,5)(H,6,7,8). The fourth-order valence-electron chi connectivity index (χ4n) is 0.154. The van der Waals surface area contributed by atoms with Crippen molar-refractivity contribution >= 4 is 20.2 Å². The molecule has 0 aliphatic heterocycles. The van der Waals surface area contributed by atoms with Gasteiger partial charge >= 0.3 is 0 Å². The van der Waals surface area contributed by atoms with E-state index in [-0.39, 0.29) is 0 Å². The van der Waals surface area contributed by atoms with Crippen molar-refractivity contribution in [3.63, 3.8) is 0 Å². The Kier molecular flexibility index (Phi) is 4.04. The van der Waals surface area contributed by atoms with Gasteiger partial charge in [-0.3, -0.25) is 9.11 Å². The molecule has 0 bridgehead atoms. The van der Waals surface area contributed by atoms with Crippen molar-refractivity contribution in [3.8, 4) is 0 Å². The normalized spacial score (nSPS) is 15.1. The smallest absolute Gasteiger partial charge is 0.284 e. The van der Waals surface area contributed by atoms with E-state index < -0.39 is 24.8 Å². The summed E-state index contributed by atoms with van der Waals surface area (Å²) in [6, 6.07) is 0. The average Bonchev–Trinajstić information content (AvgIpc) is 2.65. The fraction of sp³-hybridized carbons (Fsp3) is 0.600. The van der Waals surface area contributed by atoms with Crippen molar-refractivity contribution in [3.05, 3.63) is 12.2 Å². The molecule has 1 aliphatic rings. The van der Waals surface area contributed by atoms with E-state index in [0.29, 0.717) is 6.92 Å². The minimum absolute atomic E-state index is 0.657. The van der Waals surface area contributed by atoms with Crippen LogP contribution in [0.15, 0.2) is 12.2 Å². The Morgan fingerprint density at radius 3 is 1.31 bits per heavy atom. The first-order valence-corrected chi connectivity index (χ1v) is 6.24. The molecule has 0 fully saturated rings. The SMILES string of the molecule is C1=CC1.CC(S(=O)(=O)O)S(=O)(=O)O. The van der Waals surface area contributed by atoms with Crippen molar-refractivity contribution in [2.75, 3.05) is 0 Å². The maximum atomic E-state index is 9.99. The molecule has 0 amide bonds. The monoisotopic (exact) mass is 230 g/mol. The van der Waals surface area contributed by atoms with E-state index in [2.05, 4.69) is 12.2 Å². The first-order chi connectivity index (χ1) is 5.65. The minimum Gasteiger partial charge on any atom is -0.284 e. The zero-order valence-electron chi connectivity index (χ0n) is 6.78. The van der Waals surface area contributed by atoms with E-state index in [0.717, 1.165) is 0 Å². The molecule has 0 heterocycles. The predicted octanol–water partition coefficient (Wildman–Crippen LogP) is 0.0543. The molecular weight excluding hydrogens is 220 g/mol. The molecule has 6 nitrogen and oxygen atoms in total.